The summed E-state index contributed by atoms with van der Waals surface area (Å²) in [4.78, 5) is 41.0. The normalized spacial score (nSPS) is 14.5. The molecule has 9 nitrogen and oxygen atoms in total. The Morgan fingerprint density at radius 2 is 1.90 bits per heavy atom. The minimum absolute atomic E-state index is 0.109. The summed E-state index contributed by atoms with van der Waals surface area (Å²) in [6.07, 6.45) is 2.79. The predicted molar refractivity (Wildman–Crippen MR) is 111 cm³/mol. The van der Waals surface area contributed by atoms with E-state index in [-0.39, 0.29) is 24.8 Å². The van der Waals surface area contributed by atoms with Crippen LogP contribution in [-0.4, -0.2) is 46.4 Å². The lowest BCUT2D eigenvalue weighted by Crippen LogP contribution is -2.44. The number of amides is 2. The molecule has 0 saturated heterocycles. The zero-order valence-corrected chi connectivity index (χ0v) is 16.7. The van der Waals surface area contributed by atoms with Gasteiger partial charge >= 0.3 is 11.8 Å². The van der Waals surface area contributed by atoms with Gasteiger partial charge in [-0.1, -0.05) is 24.3 Å². The Hall–Kier alpha value is -4.14. The lowest BCUT2D eigenvalue weighted by molar-refractivity contribution is -0.136. The quantitative estimate of drug-likeness (QED) is 0.479. The highest BCUT2D eigenvalue weighted by Gasteiger charge is 2.23. The fourth-order valence-electron chi connectivity index (χ4n) is 3.09. The molecule has 2 amide bonds. The summed E-state index contributed by atoms with van der Waals surface area (Å²) in [5, 5.41) is 5.03. The molecule has 1 aliphatic rings. The molecule has 158 valence electrons. The van der Waals surface area contributed by atoms with Crippen molar-refractivity contribution < 1.29 is 23.9 Å². The summed E-state index contributed by atoms with van der Waals surface area (Å²) < 4.78 is 12.9. The Bertz CT molecular complexity index is 1140. The maximum Gasteiger partial charge on any atom is 0.313 e. The minimum Gasteiger partial charge on any atom is -0.486 e. The van der Waals surface area contributed by atoms with Crippen molar-refractivity contribution in [3.63, 3.8) is 0 Å². The molecule has 3 aromatic rings. The number of rotatable bonds is 5. The van der Waals surface area contributed by atoms with E-state index < -0.39 is 17.9 Å². The molecule has 1 aliphatic heterocycles. The zero-order valence-electron chi connectivity index (χ0n) is 16.7. The number of nitrogens with one attached hydrogen (secondary N) is 2. The van der Waals surface area contributed by atoms with Crippen molar-refractivity contribution >= 4 is 23.3 Å². The van der Waals surface area contributed by atoms with E-state index in [1.54, 1.807) is 48.1 Å². The lowest BCUT2D eigenvalue weighted by Gasteiger charge is -2.26. The molecule has 0 aliphatic carbocycles. The number of carbonyl (C=O) groups is 3. The van der Waals surface area contributed by atoms with Crippen LogP contribution in [0.25, 0.3) is 0 Å². The summed E-state index contributed by atoms with van der Waals surface area (Å²) in [5.74, 6) is -0.447. The second kappa shape index (κ2) is 8.70. The first-order valence-electron chi connectivity index (χ1n) is 9.61. The van der Waals surface area contributed by atoms with Crippen molar-refractivity contribution in [3.05, 3.63) is 72.3 Å². The van der Waals surface area contributed by atoms with Crippen LogP contribution in [0.15, 0.2) is 60.9 Å². The standard InChI is InChI=1S/C22H20N4O5/c1-26-10-9-23-20(26)19(27)14-5-4-6-15(11-14)25-22(29)21(28)24-12-16-13-30-17-7-2-3-8-18(17)31-16/h2-11,16H,12-13H2,1H3,(H,24,28)(H,25,29)/t16-/m1/s1. The average Bonchev–Trinajstić information content (AvgIpc) is 3.22. The van der Waals surface area contributed by atoms with E-state index in [0.29, 0.717) is 22.7 Å². The van der Waals surface area contributed by atoms with Gasteiger partial charge in [-0.15, -0.1) is 0 Å². The second-order valence-corrected chi connectivity index (χ2v) is 6.93. The summed E-state index contributed by atoms with van der Waals surface area (Å²) >= 11 is 0. The first-order chi connectivity index (χ1) is 15.0. The Morgan fingerprint density at radius 3 is 2.68 bits per heavy atom. The minimum atomic E-state index is -0.848. The Balaban J connectivity index is 1.33. The van der Waals surface area contributed by atoms with Crippen LogP contribution >= 0.6 is 0 Å². The second-order valence-electron chi connectivity index (χ2n) is 6.93. The highest BCUT2D eigenvalue weighted by atomic mass is 16.6. The zero-order chi connectivity index (χ0) is 21.8. The Labute approximate surface area is 178 Å². The molecule has 9 heteroatoms. The van der Waals surface area contributed by atoms with Crippen molar-refractivity contribution in [2.45, 2.75) is 6.10 Å². The number of anilines is 1. The SMILES string of the molecule is Cn1ccnc1C(=O)c1cccc(NC(=O)C(=O)NC[C@@H]2COc3ccccc3O2)c1. The van der Waals surface area contributed by atoms with Crippen molar-refractivity contribution in [3.8, 4) is 11.5 Å². The fraction of sp³-hybridized carbons (Fsp3) is 0.182. The third kappa shape index (κ3) is 4.55. The van der Waals surface area contributed by atoms with Crippen molar-refractivity contribution in [1.82, 2.24) is 14.9 Å². The number of nitrogens with zero attached hydrogens (tertiary/aromatic N) is 2. The van der Waals surface area contributed by atoms with Gasteiger partial charge in [-0.25, -0.2) is 4.98 Å². The topological polar surface area (TPSA) is 112 Å². The van der Waals surface area contributed by atoms with Crippen LogP contribution in [0.1, 0.15) is 16.2 Å². The molecule has 0 fully saturated rings. The molecule has 2 N–H and O–H groups in total. The number of carbonyl (C=O) groups excluding carboxylic acids is 3. The molecule has 31 heavy (non-hydrogen) atoms. The van der Waals surface area contributed by atoms with Gasteiger partial charge < -0.3 is 24.7 Å². The largest absolute Gasteiger partial charge is 0.486 e. The lowest BCUT2D eigenvalue weighted by atomic mass is 10.1. The Kier molecular flexibility index (Phi) is 5.65. The molecule has 1 aromatic heterocycles. The van der Waals surface area contributed by atoms with Crippen molar-refractivity contribution in [2.75, 3.05) is 18.5 Å². The first-order valence-corrected chi connectivity index (χ1v) is 9.61. The summed E-state index contributed by atoms with van der Waals surface area (Å²) in [6, 6.07) is 13.6. The number of hydrogen-bond acceptors (Lipinski definition) is 6. The van der Waals surface area contributed by atoms with Gasteiger partial charge in [0.15, 0.2) is 17.3 Å². The molecule has 4 rings (SSSR count). The van der Waals surface area contributed by atoms with Crippen LogP contribution < -0.4 is 20.1 Å². The van der Waals surface area contributed by atoms with Gasteiger partial charge in [0.25, 0.3) is 0 Å². The van der Waals surface area contributed by atoms with Gasteiger partial charge in [0.05, 0.1) is 6.54 Å². The molecule has 0 saturated carbocycles. The fourth-order valence-corrected chi connectivity index (χ4v) is 3.09. The van der Waals surface area contributed by atoms with Crippen molar-refractivity contribution in [1.29, 1.82) is 0 Å². The molecule has 0 bridgehead atoms. The molecule has 2 heterocycles. The maximum absolute atomic E-state index is 12.6. The monoisotopic (exact) mass is 420 g/mol. The van der Waals surface area contributed by atoms with E-state index in [1.807, 2.05) is 12.1 Å². The van der Waals surface area contributed by atoms with Gasteiger partial charge in [0.1, 0.15) is 12.7 Å². The number of imidazole rings is 1. The number of benzene rings is 2. The van der Waals surface area contributed by atoms with E-state index in [4.69, 9.17) is 9.47 Å². The third-order valence-corrected chi connectivity index (χ3v) is 4.67. The maximum atomic E-state index is 12.6. The van der Waals surface area contributed by atoms with E-state index in [1.165, 1.54) is 12.3 Å². The van der Waals surface area contributed by atoms with Gasteiger partial charge in [0, 0.05) is 30.7 Å². The molecule has 2 aromatic carbocycles. The number of aryl methyl sites for hydroxylation is 1. The molecule has 0 spiro atoms. The third-order valence-electron chi connectivity index (χ3n) is 4.67. The molecule has 0 unspecified atom stereocenters. The molecular weight excluding hydrogens is 400 g/mol. The van der Waals surface area contributed by atoms with Gasteiger partial charge in [-0.2, -0.15) is 0 Å². The number of ether oxygens (including phenoxy) is 2. The molecular formula is C22H20N4O5. The molecule has 1 atom stereocenters. The van der Waals surface area contributed by atoms with Crippen LogP contribution in [0.3, 0.4) is 0 Å². The smallest absolute Gasteiger partial charge is 0.313 e. The van der Waals surface area contributed by atoms with E-state index in [9.17, 15) is 14.4 Å². The van der Waals surface area contributed by atoms with Crippen LogP contribution in [0, 0.1) is 0 Å². The van der Waals surface area contributed by atoms with Gasteiger partial charge in [0.2, 0.25) is 5.78 Å². The number of ketones is 1. The average molecular weight is 420 g/mol. The van der Waals surface area contributed by atoms with Crippen LogP contribution in [-0.2, 0) is 16.6 Å². The van der Waals surface area contributed by atoms with E-state index in [2.05, 4.69) is 15.6 Å². The first kappa shape index (κ1) is 20.1. The number of aromatic nitrogens is 2. The predicted octanol–water partition coefficient (Wildman–Crippen LogP) is 1.55. The number of hydrogen-bond donors (Lipinski definition) is 2. The number of fused-ring (bicyclic) bond motifs is 1. The van der Waals surface area contributed by atoms with Gasteiger partial charge in [-0.05, 0) is 24.3 Å². The van der Waals surface area contributed by atoms with Gasteiger partial charge in [-0.3, -0.25) is 14.4 Å². The van der Waals surface area contributed by atoms with Crippen LogP contribution in [0.4, 0.5) is 5.69 Å². The van der Waals surface area contributed by atoms with E-state index >= 15 is 0 Å². The van der Waals surface area contributed by atoms with Crippen molar-refractivity contribution in [2.24, 2.45) is 7.05 Å². The summed E-state index contributed by atoms with van der Waals surface area (Å²) in [6.45, 7) is 0.370. The summed E-state index contributed by atoms with van der Waals surface area (Å²) in [5.41, 5.74) is 0.672. The summed E-state index contributed by atoms with van der Waals surface area (Å²) in [7, 11) is 1.72. The van der Waals surface area contributed by atoms with E-state index in [0.717, 1.165) is 0 Å². The highest BCUT2D eigenvalue weighted by molar-refractivity contribution is 6.39. The number of para-hydroxylation sites is 2. The van der Waals surface area contributed by atoms with Crippen LogP contribution in [0.2, 0.25) is 0 Å². The van der Waals surface area contributed by atoms with Crippen LogP contribution in [0.5, 0.6) is 11.5 Å². The Morgan fingerprint density at radius 1 is 1.10 bits per heavy atom. The molecule has 0 radical (unpaired) electrons. The highest BCUT2D eigenvalue weighted by Crippen LogP contribution is 2.30.